The molecule has 16 heteroatoms. The van der Waals surface area contributed by atoms with Gasteiger partial charge in [0.05, 0.1) is 26.4 Å². The first-order valence-corrected chi connectivity index (χ1v) is 11.7. The third-order valence-corrected chi connectivity index (χ3v) is 5.67. The van der Waals surface area contributed by atoms with E-state index in [4.69, 9.17) is 55.9 Å². The van der Waals surface area contributed by atoms with Gasteiger partial charge in [-0.05, 0) is 0 Å². The van der Waals surface area contributed by atoms with Crippen molar-refractivity contribution in [2.45, 2.75) is 22.5 Å². The van der Waals surface area contributed by atoms with Crippen LogP contribution in [0.5, 0.6) is 0 Å². The third-order valence-electron chi connectivity index (χ3n) is 3.08. The lowest BCUT2D eigenvalue weighted by atomic mass is 10.5. The normalized spacial score (nSPS) is 11.3. The van der Waals surface area contributed by atoms with Crippen molar-refractivity contribution < 1.29 is 19.1 Å². The number of nitrogens with one attached hydrogen (secondary N) is 2. The Hall–Kier alpha value is -0.860. The Labute approximate surface area is 199 Å². The molecular weight excluding hydrogens is 522 g/mol. The minimum atomic E-state index is -1.16. The van der Waals surface area contributed by atoms with Crippen LogP contribution in [0.3, 0.4) is 0 Å². The van der Waals surface area contributed by atoms with Gasteiger partial charge in [0.1, 0.15) is 10.0 Å². The Morgan fingerprint density at radius 3 is 1.50 bits per heavy atom. The molecule has 0 spiro atoms. The minimum Gasteiger partial charge on any atom is -0.379 e. The molecule has 0 aromatic carbocycles. The van der Waals surface area contributed by atoms with Crippen molar-refractivity contribution in [3.05, 3.63) is 10.0 Å². The lowest BCUT2D eigenvalue weighted by Gasteiger charge is -2.04. The number of halogens is 4. The number of alkyl halides is 4. The zero-order valence-corrected chi connectivity index (χ0v) is 19.8. The molecule has 0 fully saturated rings. The van der Waals surface area contributed by atoms with Gasteiger partial charge < -0.3 is 9.47 Å². The van der Waals surface area contributed by atoms with E-state index in [1.165, 1.54) is 22.7 Å². The predicted octanol–water partition coefficient (Wildman–Crippen LogP) is 2.69. The highest BCUT2D eigenvalue weighted by atomic mass is 35.5. The van der Waals surface area contributed by atoms with E-state index in [1.54, 1.807) is 0 Å². The molecule has 0 aliphatic rings. The molecule has 0 bridgehead atoms. The van der Waals surface area contributed by atoms with Crippen LogP contribution in [-0.2, 0) is 31.9 Å². The van der Waals surface area contributed by atoms with Crippen LogP contribution >= 0.6 is 69.1 Å². The zero-order valence-electron chi connectivity index (χ0n) is 15.1. The maximum absolute atomic E-state index is 11.4. The SMILES string of the molecule is O=C(Nc1nnc(CCOCCOCCc2nnc(NC(=O)C(Cl)Cl)s2)s1)C(Cl)Cl. The molecule has 0 atom stereocenters. The van der Waals surface area contributed by atoms with Crippen molar-refractivity contribution in [1.82, 2.24) is 20.4 Å². The van der Waals surface area contributed by atoms with Crippen LogP contribution in [0.1, 0.15) is 10.0 Å². The number of carbonyl (C=O) groups excluding carboxylic acids is 2. The summed E-state index contributed by atoms with van der Waals surface area (Å²) in [6, 6.07) is 0. The van der Waals surface area contributed by atoms with Crippen molar-refractivity contribution in [1.29, 1.82) is 0 Å². The first-order chi connectivity index (χ1) is 14.3. The van der Waals surface area contributed by atoms with E-state index in [0.717, 1.165) is 0 Å². The van der Waals surface area contributed by atoms with Crippen molar-refractivity contribution in [3.63, 3.8) is 0 Å². The average molecular weight is 538 g/mol. The molecule has 2 aromatic rings. The Morgan fingerprint density at radius 1 is 0.733 bits per heavy atom. The molecule has 2 heterocycles. The largest absolute Gasteiger partial charge is 0.379 e. The Bertz CT molecular complexity index is 756. The molecule has 0 aliphatic carbocycles. The maximum atomic E-state index is 11.4. The zero-order chi connectivity index (χ0) is 21.9. The Kier molecular flexibility index (Phi) is 11.5. The number of aromatic nitrogens is 4. The maximum Gasteiger partial charge on any atom is 0.259 e. The molecule has 0 saturated heterocycles. The Balaban J connectivity index is 1.52. The summed E-state index contributed by atoms with van der Waals surface area (Å²) in [4.78, 5) is 20.4. The van der Waals surface area contributed by atoms with E-state index < -0.39 is 21.5 Å². The van der Waals surface area contributed by atoms with Crippen LogP contribution in [0.2, 0.25) is 0 Å². The van der Waals surface area contributed by atoms with Gasteiger partial charge in [-0.25, -0.2) is 0 Å². The average Bonchev–Trinajstić information content (AvgIpc) is 3.33. The van der Waals surface area contributed by atoms with Gasteiger partial charge in [0.25, 0.3) is 11.8 Å². The topological polar surface area (TPSA) is 128 Å². The number of rotatable bonds is 13. The number of amides is 2. The van der Waals surface area contributed by atoms with Crippen molar-refractivity contribution in [2.24, 2.45) is 0 Å². The molecule has 2 N–H and O–H groups in total. The second kappa shape index (κ2) is 13.5. The van der Waals surface area contributed by atoms with Crippen molar-refractivity contribution >= 4 is 91.2 Å². The van der Waals surface area contributed by atoms with E-state index in [9.17, 15) is 9.59 Å². The molecule has 0 aliphatic heterocycles. The highest BCUT2D eigenvalue weighted by molar-refractivity contribution is 7.15. The lowest BCUT2D eigenvalue weighted by Crippen LogP contribution is -2.18. The molecule has 0 radical (unpaired) electrons. The van der Waals surface area contributed by atoms with Crippen molar-refractivity contribution in [3.8, 4) is 0 Å². The second-order valence-corrected chi connectivity index (χ2v) is 9.62. The second-order valence-electron chi connectivity index (χ2n) is 5.31. The van der Waals surface area contributed by atoms with Crippen LogP contribution in [0.25, 0.3) is 0 Å². The van der Waals surface area contributed by atoms with Crippen LogP contribution in [0.4, 0.5) is 10.3 Å². The summed E-state index contributed by atoms with van der Waals surface area (Å²) in [7, 11) is 0. The Morgan fingerprint density at radius 2 is 1.13 bits per heavy atom. The van der Waals surface area contributed by atoms with Gasteiger partial charge in [-0.2, -0.15) is 0 Å². The van der Waals surface area contributed by atoms with E-state index in [-0.39, 0.29) is 0 Å². The van der Waals surface area contributed by atoms with Gasteiger partial charge in [-0.1, -0.05) is 69.1 Å². The van der Waals surface area contributed by atoms with Gasteiger partial charge in [0.15, 0.2) is 9.67 Å². The fraction of sp³-hybridized carbons (Fsp3) is 0.571. The van der Waals surface area contributed by atoms with E-state index >= 15 is 0 Å². The van der Waals surface area contributed by atoms with Crippen LogP contribution in [-0.4, -0.2) is 68.3 Å². The molecule has 2 aromatic heterocycles. The fourth-order valence-electron chi connectivity index (χ4n) is 1.77. The summed E-state index contributed by atoms with van der Waals surface area (Å²) in [5.74, 6) is -1.11. The smallest absolute Gasteiger partial charge is 0.259 e. The molecular formula is C14H16Cl4N6O4S2. The summed E-state index contributed by atoms with van der Waals surface area (Å²) < 4.78 is 11.0. The first-order valence-electron chi connectivity index (χ1n) is 8.33. The molecule has 0 unspecified atom stereocenters. The molecule has 30 heavy (non-hydrogen) atoms. The fourth-order valence-corrected chi connectivity index (χ4v) is 3.44. The third kappa shape index (κ3) is 9.52. The van der Waals surface area contributed by atoms with Crippen LogP contribution in [0.15, 0.2) is 0 Å². The molecule has 10 nitrogen and oxygen atoms in total. The van der Waals surface area contributed by atoms with Gasteiger partial charge >= 0.3 is 0 Å². The summed E-state index contributed by atoms with van der Waals surface area (Å²) in [5, 5.41) is 22.5. The predicted molar refractivity (Wildman–Crippen MR) is 117 cm³/mol. The minimum absolute atomic E-state index is 0.328. The number of ether oxygens (including phenoxy) is 2. The van der Waals surface area contributed by atoms with Gasteiger partial charge in [0, 0.05) is 12.8 Å². The molecule has 0 saturated carbocycles. The quantitative estimate of drug-likeness (QED) is 0.295. The van der Waals surface area contributed by atoms with Gasteiger partial charge in [-0.3, -0.25) is 20.2 Å². The lowest BCUT2D eigenvalue weighted by molar-refractivity contribution is -0.115. The number of hydrogen-bond donors (Lipinski definition) is 2. The van der Waals surface area contributed by atoms with E-state index in [0.29, 0.717) is 59.5 Å². The summed E-state index contributed by atoms with van der Waals surface area (Å²) in [5.41, 5.74) is 0. The highest BCUT2D eigenvalue weighted by Crippen LogP contribution is 2.18. The first kappa shape index (κ1) is 25.4. The summed E-state index contributed by atoms with van der Waals surface area (Å²) >= 11 is 24.2. The number of carbonyl (C=O) groups is 2. The standard InChI is InChI=1S/C14H16Cl4N6O4S2/c15-9(16)11(25)19-13-23-21-7(29-13)1-3-27-5-6-28-4-2-8-22-24-14(30-8)20-12(26)10(17)18/h9-10H,1-6H2,(H,19,23,25)(H,20,24,26). The van der Waals surface area contributed by atoms with Gasteiger partial charge in [-0.15, -0.1) is 20.4 Å². The highest BCUT2D eigenvalue weighted by Gasteiger charge is 2.15. The molecule has 2 rings (SSSR count). The van der Waals surface area contributed by atoms with Gasteiger partial charge in [0.2, 0.25) is 10.3 Å². The summed E-state index contributed by atoms with van der Waals surface area (Å²) in [6.07, 6.45) is 1.09. The van der Waals surface area contributed by atoms with Crippen molar-refractivity contribution in [2.75, 3.05) is 37.1 Å². The van der Waals surface area contributed by atoms with E-state index in [1.807, 2.05) is 0 Å². The number of nitrogens with zero attached hydrogens (tertiary/aromatic N) is 4. The summed E-state index contributed by atoms with van der Waals surface area (Å²) in [6.45, 7) is 1.68. The molecule has 2 amide bonds. The number of hydrogen-bond acceptors (Lipinski definition) is 10. The molecule has 166 valence electrons. The number of anilines is 2. The van der Waals surface area contributed by atoms with Crippen LogP contribution in [0, 0.1) is 0 Å². The van der Waals surface area contributed by atoms with E-state index in [2.05, 4.69) is 31.0 Å². The monoisotopic (exact) mass is 536 g/mol. The van der Waals surface area contributed by atoms with Crippen LogP contribution < -0.4 is 10.6 Å².